The molecule has 0 bridgehead atoms. The molecule has 0 radical (unpaired) electrons. The number of aliphatic carboxylic acids is 1. The molecule has 0 amide bonds. The van der Waals surface area contributed by atoms with Crippen LogP contribution in [0.5, 0.6) is 5.75 Å². The summed E-state index contributed by atoms with van der Waals surface area (Å²) >= 11 is 5.95. The van der Waals surface area contributed by atoms with Gasteiger partial charge in [0.2, 0.25) is 0 Å². The zero-order valence-corrected chi connectivity index (χ0v) is 14.6. The summed E-state index contributed by atoms with van der Waals surface area (Å²) in [6, 6.07) is 6.59. The highest BCUT2D eigenvalue weighted by molar-refractivity contribution is 6.31. The number of H-pyrrole nitrogens is 1. The van der Waals surface area contributed by atoms with Gasteiger partial charge in [-0.2, -0.15) is 13.2 Å². The van der Waals surface area contributed by atoms with Crippen molar-refractivity contribution in [1.82, 2.24) is 4.98 Å². The lowest BCUT2D eigenvalue weighted by molar-refractivity contribution is -0.137. The maximum absolute atomic E-state index is 13.2. The van der Waals surface area contributed by atoms with Gasteiger partial charge >= 0.3 is 12.1 Å². The van der Waals surface area contributed by atoms with Crippen LogP contribution in [0.4, 0.5) is 13.2 Å². The van der Waals surface area contributed by atoms with Crippen LogP contribution in [0, 0.1) is 0 Å². The standard InChI is InChI=1S/C19H11ClF3NO4/c20-10-2-5-15(25)13(8-10)17-11(3-6-16(26)27)18(28)24-14-4-1-9(7-12(14)17)19(21,22)23/h1-8,25H,(H,24,28)(H,26,27)/b6-3+. The molecule has 3 N–H and O–H groups in total. The van der Waals surface area contributed by atoms with Crippen molar-refractivity contribution >= 4 is 34.5 Å². The van der Waals surface area contributed by atoms with Crippen LogP contribution in [-0.4, -0.2) is 21.2 Å². The third-order valence-electron chi connectivity index (χ3n) is 4.00. The molecule has 0 unspecified atom stereocenters. The molecule has 0 aliphatic heterocycles. The van der Waals surface area contributed by atoms with Crippen LogP contribution in [0.25, 0.3) is 28.1 Å². The van der Waals surface area contributed by atoms with Crippen molar-refractivity contribution in [2.45, 2.75) is 6.18 Å². The smallest absolute Gasteiger partial charge is 0.416 e. The first-order valence-corrected chi connectivity index (χ1v) is 8.13. The van der Waals surface area contributed by atoms with Gasteiger partial charge < -0.3 is 15.2 Å². The predicted molar refractivity (Wildman–Crippen MR) is 98.4 cm³/mol. The van der Waals surface area contributed by atoms with E-state index in [1.807, 2.05) is 0 Å². The van der Waals surface area contributed by atoms with Crippen molar-refractivity contribution < 1.29 is 28.2 Å². The molecule has 3 aromatic rings. The average molecular weight is 410 g/mol. The summed E-state index contributed by atoms with van der Waals surface area (Å²) in [5, 5.41) is 19.2. The van der Waals surface area contributed by atoms with E-state index >= 15 is 0 Å². The van der Waals surface area contributed by atoms with Crippen LogP contribution >= 0.6 is 11.6 Å². The number of benzene rings is 2. The fourth-order valence-corrected chi connectivity index (χ4v) is 2.97. The molecular weight excluding hydrogens is 399 g/mol. The van der Waals surface area contributed by atoms with Gasteiger partial charge in [0.25, 0.3) is 5.56 Å². The van der Waals surface area contributed by atoms with E-state index in [-0.39, 0.29) is 38.4 Å². The maximum Gasteiger partial charge on any atom is 0.416 e. The summed E-state index contributed by atoms with van der Waals surface area (Å²) in [5.41, 5.74) is -1.93. The summed E-state index contributed by atoms with van der Waals surface area (Å²) in [4.78, 5) is 25.8. The van der Waals surface area contributed by atoms with Gasteiger partial charge in [-0.3, -0.25) is 4.79 Å². The monoisotopic (exact) mass is 409 g/mol. The summed E-state index contributed by atoms with van der Waals surface area (Å²) in [6.07, 6.45) is -3.01. The third-order valence-corrected chi connectivity index (χ3v) is 4.23. The van der Waals surface area contributed by atoms with Crippen LogP contribution in [-0.2, 0) is 11.0 Å². The van der Waals surface area contributed by atoms with E-state index in [2.05, 4.69) is 4.98 Å². The Hall–Kier alpha value is -3.26. The number of halogens is 4. The molecule has 3 rings (SSSR count). The van der Waals surface area contributed by atoms with E-state index in [9.17, 15) is 27.9 Å². The fraction of sp³-hybridized carbons (Fsp3) is 0.0526. The van der Waals surface area contributed by atoms with Gasteiger partial charge in [0.1, 0.15) is 5.75 Å². The van der Waals surface area contributed by atoms with Crippen molar-refractivity contribution in [3.05, 3.63) is 69.0 Å². The van der Waals surface area contributed by atoms with Gasteiger partial charge in [-0.25, -0.2) is 4.79 Å². The molecule has 0 saturated carbocycles. The number of phenolic OH excluding ortho intramolecular Hbond substituents is 1. The molecule has 2 aromatic carbocycles. The number of aromatic amines is 1. The fourth-order valence-electron chi connectivity index (χ4n) is 2.80. The Labute approximate surface area is 160 Å². The number of fused-ring (bicyclic) bond motifs is 1. The Morgan fingerprint density at radius 3 is 2.50 bits per heavy atom. The first-order chi connectivity index (χ1) is 13.1. The number of carboxylic acids is 1. The largest absolute Gasteiger partial charge is 0.507 e. The second kappa shape index (κ2) is 7.05. The Morgan fingerprint density at radius 1 is 1.14 bits per heavy atom. The van der Waals surface area contributed by atoms with Crippen LogP contribution in [0.15, 0.2) is 47.3 Å². The Balaban J connectivity index is 2.50. The number of nitrogens with one attached hydrogen (secondary N) is 1. The molecule has 5 nitrogen and oxygen atoms in total. The molecule has 0 aliphatic carbocycles. The number of hydrogen-bond acceptors (Lipinski definition) is 3. The van der Waals surface area contributed by atoms with E-state index in [1.54, 1.807) is 0 Å². The number of aromatic hydroxyl groups is 1. The van der Waals surface area contributed by atoms with E-state index in [1.165, 1.54) is 18.2 Å². The molecule has 1 aromatic heterocycles. The molecule has 0 spiro atoms. The van der Waals surface area contributed by atoms with Crippen molar-refractivity contribution in [3.63, 3.8) is 0 Å². The first-order valence-electron chi connectivity index (χ1n) is 7.75. The van der Waals surface area contributed by atoms with Gasteiger partial charge in [0.05, 0.1) is 5.56 Å². The molecule has 0 fully saturated rings. The highest BCUT2D eigenvalue weighted by Crippen LogP contribution is 2.39. The van der Waals surface area contributed by atoms with Crippen LogP contribution < -0.4 is 5.56 Å². The average Bonchev–Trinajstić information content (AvgIpc) is 2.60. The van der Waals surface area contributed by atoms with Crippen LogP contribution in [0.1, 0.15) is 11.1 Å². The van der Waals surface area contributed by atoms with Crippen molar-refractivity contribution in [1.29, 1.82) is 0 Å². The number of carbonyl (C=O) groups is 1. The highest BCUT2D eigenvalue weighted by atomic mass is 35.5. The van der Waals surface area contributed by atoms with Gasteiger partial charge in [-0.1, -0.05) is 11.6 Å². The Bertz CT molecular complexity index is 1180. The molecule has 0 saturated heterocycles. The number of hydrogen-bond donors (Lipinski definition) is 3. The minimum Gasteiger partial charge on any atom is -0.507 e. The normalized spacial score (nSPS) is 12.0. The third kappa shape index (κ3) is 3.72. The van der Waals surface area contributed by atoms with Crippen molar-refractivity contribution in [2.24, 2.45) is 0 Å². The minimum atomic E-state index is -4.64. The lowest BCUT2D eigenvalue weighted by Gasteiger charge is -2.14. The SMILES string of the molecule is O=C(O)/C=C/c1c(-c2cc(Cl)ccc2O)c2cc(C(F)(F)F)ccc2[nH]c1=O. The predicted octanol–water partition coefficient (Wildman–Crippen LogP) is 4.67. The molecule has 144 valence electrons. The van der Waals surface area contributed by atoms with Crippen molar-refractivity contribution in [3.8, 4) is 16.9 Å². The molecule has 0 aliphatic rings. The Morgan fingerprint density at radius 2 is 1.86 bits per heavy atom. The molecule has 1 heterocycles. The molecule has 0 atom stereocenters. The quantitative estimate of drug-likeness (QED) is 0.548. The number of pyridine rings is 1. The molecular formula is C19H11ClF3NO4. The molecule has 9 heteroatoms. The number of aromatic nitrogens is 1. The summed E-state index contributed by atoms with van der Waals surface area (Å²) in [7, 11) is 0. The lowest BCUT2D eigenvalue weighted by Crippen LogP contribution is -2.13. The van der Waals surface area contributed by atoms with Gasteiger partial charge in [-0.15, -0.1) is 0 Å². The number of carboxylic acid groups (broad SMARTS) is 1. The van der Waals surface area contributed by atoms with Crippen LogP contribution in [0.3, 0.4) is 0 Å². The number of alkyl halides is 3. The second-order valence-corrected chi connectivity index (χ2v) is 6.27. The van der Waals surface area contributed by atoms with E-state index in [0.29, 0.717) is 6.08 Å². The summed E-state index contributed by atoms with van der Waals surface area (Å²) in [5.74, 6) is -1.69. The highest BCUT2D eigenvalue weighted by Gasteiger charge is 2.31. The second-order valence-electron chi connectivity index (χ2n) is 5.83. The lowest BCUT2D eigenvalue weighted by atomic mass is 9.94. The first kappa shape index (κ1) is 19.5. The summed E-state index contributed by atoms with van der Waals surface area (Å²) in [6.45, 7) is 0. The number of phenols is 1. The van der Waals surface area contributed by atoms with E-state index in [4.69, 9.17) is 16.7 Å². The van der Waals surface area contributed by atoms with Crippen molar-refractivity contribution in [2.75, 3.05) is 0 Å². The zero-order chi connectivity index (χ0) is 20.6. The Kier molecular flexibility index (Phi) is 4.91. The van der Waals surface area contributed by atoms with Gasteiger partial charge in [-0.05, 0) is 42.5 Å². The van der Waals surface area contributed by atoms with Gasteiger partial charge in [0, 0.05) is 38.7 Å². The minimum absolute atomic E-state index is 0.00652. The maximum atomic E-state index is 13.2. The summed E-state index contributed by atoms with van der Waals surface area (Å²) < 4.78 is 39.6. The van der Waals surface area contributed by atoms with E-state index < -0.39 is 23.3 Å². The zero-order valence-electron chi connectivity index (χ0n) is 13.8. The van der Waals surface area contributed by atoms with E-state index in [0.717, 1.165) is 24.3 Å². The van der Waals surface area contributed by atoms with Crippen LogP contribution in [0.2, 0.25) is 5.02 Å². The number of rotatable bonds is 3. The topological polar surface area (TPSA) is 90.4 Å². The van der Waals surface area contributed by atoms with Gasteiger partial charge in [0.15, 0.2) is 0 Å². The molecule has 28 heavy (non-hydrogen) atoms.